The van der Waals surface area contributed by atoms with Gasteiger partial charge in [-0.2, -0.15) is 0 Å². The molecule has 3 unspecified atom stereocenters. The molecule has 20 nitrogen and oxygen atoms in total. The van der Waals surface area contributed by atoms with Gasteiger partial charge in [0, 0.05) is 60.9 Å². The fourth-order valence-electron chi connectivity index (χ4n) is 11.0. The van der Waals surface area contributed by atoms with E-state index in [2.05, 4.69) is 10.6 Å². The van der Waals surface area contributed by atoms with Crippen molar-refractivity contribution >= 4 is 76.2 Å². The second-order valence-corrected chi connectivity index (χ2v) is 21.3. The maximum absolute atomic E-state index is 14.3. The summed E-state index contributed by atoms with van der Waals surface area (Å²) >= 11 is 6.93. The Kier molecular flexibility index (Phi) is 14.6. The molecular weight excluding hydrogens is 971 g/mol. The molecule has 4 fully saturated rings. The van der Waals surface area contributed by atoms with Crippen molar-refractivity contribution in [2.75, 3.05) is 6.61 Å². The minimum absolute atomic E-state index is 0.00267. The molecule has 382 valence electrons. The van der Waals surface area contributed by atoms with Gasteiger partial charge in [0.1, 0.15) is 36.4 Å². The number of imide groups is 1. The normalized spacial score (nSPS) is 22.9. The highest BCUT2D eigenvalue weighted by Crippen LogP contribution is 2.43. The van der Waals surface area contributed by atoms with Gasteiger partial charge in [0.2, 0.25) is 23.6 Å². The Balaban J connectivity index is 0.808. The number of aryl methyl sites for hydroxylation is 3. The number of halogens is 1. The first-order valence-electron chi connectivity index (χ1n) is 24.4. The van der Waals surface area contributed by atoms with Gasteiger partial charge < -0.3 is 40.2 Å². The van der Waals surface area contributed by atoms with Crippen LogP contribution in [-0.4, -0.2) is 101 Å². The van der Waals surface area contributed by atoms with Crippen molar-refractivity contribution in [3.63, 3.8) is 0 Å². The molecule has 5 aromatic rings. The lowest BCUT2D eigenvalue weighted by molar-refractivity contribution is -0.137. The topological polar surface area (TPSA) is 293 Å². The van der Waals surface area contributed by atoms with Gasteiger partial charge in [-0.05, 0) is 124 Å². The summed E-state index contributed by atoms with van der Waals surface area (Å²) < 4.78 is 28.9. The van der Waals surface area contributed by atoms with Gasteiger partial charge in [-0.15, -0.1) is 0 Å². The van der Waals surface area contributed by atoms with Gasteiger partial charge in [-0.1, -0.05) is 29.8 Å². The second kappa shape index (κ2) is 20.8. The standard InChI is InChI=1S/C50H58ClN8O12P/c1-56-38-22-27(12-16-35(38)59(50(56)66)37-19-21-42(61)55-47(37)64)6-2-3-7-28-8-4-11-40(44(28)51)70-26-31(14-20-41(52)60)54-48-45(71-48)36-18-15-32-9-5-10-33(25-43(62)58(32)36)57-34-17-13-29(49(65)72(67,68)69)23-30(34)24-39(57)46(53)63/h4,8,11-13,16-17,22-24,31-33,36-37,45,48,54H,2-3,5-7,9-10,14-15,18-21,25-26H2,1H3,(H2,52,60)(H2,53,63)(H,55,61,64)(H2,67,68,69)/t31-,32-,33?,36-,37?,45+,48?/m0/s1. The number of nitrogens with two attached hydrogens (primary N) is 2. The molecule has 0 saturated carbocycles. The highest BCUT2D eigenvalue weighted by Gasteiger charge is 2.53. The van der Waals surface area contributed by atoms with Crippen molar-refractivity contribution in [3.8, 4) is 5.75 Å². The molecule has 0 aliphatic carbocycles. The number of carbonyl (C=O) groups excluding carboxylic acids is 6. The Bertz CT molecular complexity index is 3110. The number of unbranched alkanes of at least 4 members (excludes halogenated alkanes) is 1. The molecule has 0 radical (unpaired) electrons. The molecule has 0 spiro atoms. The van der Waals surface area contributed by atoms with E-state index >= 15 is 0 Å². The van der Waals surface area contributed by atoms with Crippen molar-refractivity contribution < 1.29 is 52.6 Å². The summed E-state index contributed by atoms with van der Waals surface area (Å²) in [5.41, 5.74) is 13.5. The second-order valence-electron chi connectivity index (χ2n) is 19.4. The highest BCUT2D eigenvalue weighted by atomic mass is 35.5. The van der Waals surface area contributed by atoms with Crippen molar-refractivity contribution in [3.05, 3.63) is 98.6 Å². The molecule has 4 aliphatic rings. The van der Waals surface area contributed by atoms with Crippen LogP contribution in [0.4, 0.5) is 0 Å². The lowest BCUT2D eigenvalue weighted by atomic mass is 9.97. The number of rotatable bonds is 19. The van der Waals surface area contributed by atoms with Crippen molar-refractivity contribution in [1.29, 1.82) is 0 Å². The fourth-order valence-corrected chi connectivity index (χ4v) is 11.8. The summed E-state index contributed by atoms with van der Waals surface area (Å²) in [6.07, 6.45) is 6.84. The molecule has 2 aromatic heterocycles. The van der Waals surface area contributed by atoms with Crippen LogP contribution in [0.1, 0.15) is 121 Å². The molecule has 5 amide bonds. The summed E-state index contributed by atoms with van der Waals surface area (Å²) in [5, 5.41) is 6.70. The van der Waals surface area contributed by atoms with Gasteiger partial charge in [-0.25, -0.2) is 4.79 Å². The number of piperidine rings is 1. The largest absolute Gasteiger partial charge is 0.490 e. The smallest absolute Gasteiger partial charge is 0.396 e. The van der Waals surface area contributed by atoms with Crippen LogP contribution in [0, 0.1) is 0 Å². The van der Waals surface area contributed by atoms with Crippen LogP contribution < -0.4 is 32.5 Å². The van der Waals surface area contributed by atoms with Crippen LogP contribution in [0.2, 0.25) is 5.02 Å². The average Bonchev–Trinajstić information content (AvgIpc) is 3.67. The van der Waals surface area contributed by atoms with Gasteiger partial charge in [0.15, 0.2) is 0 Å². The first-order chi connectivity index (χ1) is 34.4. The molecule has 9 rings (SSSR count). The Morgan fingerprint density at radius 2 is 1.68 bits per heavy atom. The first-order valence-corrected chi connectivity index (χ1v) is 26.4. The number of imidazole rings is 1. The lowest BCUT2D eigenvalue weighted by Crippen LogP contribution is -2.47. The van der Waals surface area contributed by atoms with E-state index in [9.17, 15) is 47.9 Å². The molecule has 8 N–H and O–H groups in total. The molecule has 4 aliphatic heterocycles. The van der Waals surface area contributed by atoms with Crippen LogP contribution in [0.3, 0.4) is 0 Å². The Morgan fingerprint density at radius 3 is 2.43 bits per heavy atom. The minimum atomic E-state index is -5.06. The zero-order chi connectivity index (χ0) is 51.2. The first kappa shape index (κ1) is 50.8. The summed E-state index contributed by atoms with van der Waals surface area (Å²) in [5.74, 6) is -1.64. The number of benzene rings is 3. The van der Waals surface area contributed by atoms with Gasteiger partial charge in [0.05, 0.1) is 22.1 Å². The number of amides is 5. The lowest BCUT2D eigenvalue weighted by Gasteiger charge is -2.35. The highest BCUT2D eigenvalue weighted by molar-refractivity contribution is 7.70. The summed E-state index contributed by atoms with van der Waals surface area (Å²) in [4.78, 5) is 110. The Hall–Kier alpha value is -6.15. The third-order valence-electron chi connectivity index (χ3n) is 14.7. The number of hydrogen-bond donors (Lipinski definition) is 6. The number of fused-ring (bicyclic) bond motifs is 3. The number of aromatic nitrogens is 3. The molecule has 72 heavy (non-hydrogen) atoms. The number of carbonyl (C=O) groups is 6. The predicted octanol–water partition coefficient (Wildman–Crippen LogP) is 4.41. The van der Waals surface area contributed by atoms with Gasteiger partial charge in [-0.3, -0.25) is 53.1 Å². The SMILES string of the molecule is Cn1c(=O)n(C2CCC(=O)NC2=O)c2ccc(CCCCc3cccc(OC[C@H](CCC(N)=O)NC4O[C@@H]4[C@@H]4CC[C@@H]5CCCC(n6c(C(N)=O)cc7cc(C(=O)P(=O)(O)O)ccc76)CC(=O)N54)c3Cl)cc21. The third-order valence-corrected chi connectivity index (χ3v) is 15.9. The fraction of sp³-hybridized carbons (Fsp3) is 0.460. The molecule has 7 atom stereocenters. The van der Waals surface area contributed by atoms with Crippen LogP contribution in [0.5, 0.6) is 5.75 Å². The van der Waals surface area contributed by atoms with Gasteiger partial charge >= 0.3 is 13.3 Å². The summed E-state index contributed by atoms with van der Waals surface area (Å²) in [6.45, 7) is 0.152. The number of nitrogens with one attached hydrogen (secondary N) is 2. The molecule has 4 saturated heterocycles. The molecular formula is C50H58ClN8O12P. The van der Waals surface area contributed by atoms with E-state index in [1.54, 1.807) is 17.7 Å². The van der Waals surface area contributed by atoms with Crippen molar-refractivity contribution in [1.82, 2.24) is 29.2 Å². The quantitative estimate of drug-likeness (QED) is 0.0290. The molecule has 6 heterocycles. The average molecular weight is 1030 g/mol. The number of hydrogen-bond acceptors (Lipinski definition) is 11. The van der Waals surface area contributed by atoms with E-state index in [4.69, 9.17) is 32.5 Å². The Morgan fingerprint density at radius 1 is 0.917 bits per heavy atom. The van der Waals surface area contributed by atoms with E-state index in [0.717, 1.165) is 56.1 Å². The van der Waals surface area contributed by atoms with Crippen molar-refractivity contribution in [2.45, 2.75) is 132 Å². The number of primary amides is 2. The maximum atomic E-state index is 14.3. The van der Waals surface area contributed by atoms with Gasteiger partial charge in [0.25, 0.3) is 11.4 Å². The predicted molar refractivity (Wildman–Crippen MR) is 264 cm³/mol. The maximum Gasteiger partial charge on any atom is 0.396 e. The monoisotopic (exact) mass is 1030 g/mol. The van der Waals surface area contributed by atoms with E-state index in [1.165, 1.54) is 33.4 Å². The number of nitrogens with zero attached hydrogens (tertiary/aromatic N) is 4. The van der Waals surface area contributed by atoms with E-state index in [0.29, 0.717) is 52.0 Å². The van der Waals surface area contributed by atoms with Crippen LogP contribution in [0.15, 0.2) is 65.5 Å². The summed E-state index contributed by atoms with van der Waals surface area (Å²) in [7, 11) is -3.38. The van der Waals surface area contributed by atoms with Crippen LogP contribution >= 0.6 is 19.2 Å². The zero-order valence-corrected chi connectivity index (χ0v) is 41.3. The van der Waals surface area contributed by atoms with Crippen molar-refractivity contribution in [2.24, 2.45) is 18.5 Å². The third kappa shape index (κ3) is 10.5. The molecule has 0 bridgehead atoms. The summed E-state index contributed by atoms with van der Waals surface area (Å²) in [6, 6.07) is 15.2. The van der Waals surface area contributed by atoms with Crippen LogP contribution in [0.25, 0.3) is 21.9 Å². The number of epoxide rings is 1. The minimum Gasteiger partial charge on any atom is -0.490 e. The van der Waals surface area contributed by atoms with E-state index < -0.39 is 49.2 Å². The molecule has 22 heteroatoms. The van der Waals surface area contributed by atoms with E-state index in [1.807, 2.05) is 35.2 Å². The molecule has 3 aromatic carbocycles. The zero-order valence-electron chi connectivity index (χ0n) is 39.7. The number of ether oxygens (including phenoxy) is 2. The Labute approximate surface area is 418 Å². The van der Waals surface area contributed by atoms with Crippen LogP contribution in [-0.2, 0) is 48.4 Å². The van der Waals surface area contributed by atoms with E-state index in [-0.39, 0.29) is 85.3 Å².